The molecule has 0 spiro atoms. The van der Waals surface area contributed by atoms with Crippen molar-refractivity contribution in [3.05, 3.63) is 23.8 Å². The van der Waals surface area contributed by atoms with Gasteiger partial charge in [-0.1, -0.05) is 6.92 Å². The van der Waals surface area contributed by atoms with Crippen molar-refractivity contribution >= 4 is 11.7 Å². The maximum Gasteiger partial charge on any atom is 0.305 e. The van der Waals surface area contributed by atoms with Gasteiger partial charge in [-0.25, -0.2) is 18.7 Å². The number of ether oxygens (including phenoxy) is 1. The van der Waals surface area contributed by atoms with E-state index >= 15 is 0 Å². The molecule has 1 N–H and O–H groups in total. The van der Waals surface area contributed by atoms with Gasteiger partial charge in [-0.05, 0) is 12.3 Å². The number of aromatic nitrogens is 4. The first-order valence-electron chi connectivity index (χ1n) is 9.45. The molecular weight excluding hydrogens is 384 g/mol. The molecule has 29 heavy (non-hydrogen) atoms. The molecule has 3 rings (SSSR count). The van der Waals surface area contributed by atoms with Crippen LogP contribution in [0.5, 0.6) is 0 Å². The van der Waals surface area contributed by atoms with Gasteiger partial charge in [-0.3, -0.25) is 9.48 Å². The van der Waals surface area contributed by atoms with E-state index in [9.17, 15) is 18.7 Å². The Morgan fingerprint density at radius 3 is 2.83 bits per heavy atom. The number of rotatable bonds is 6. The van der Waals surface area contributed by atoms with Crippen LogP contribution < -0.4 is 4.90 Å². The van der Waals surface area contributed by atoms with E-state index in [-0.39, 0.29) is 19.4 Å². The molecule has 10 heteroatoms. The number of anilines is 1. The first kappa shape index (κ1) is 21.1. The lowest BCUT2D eigenvalue weighted by Crippen LogP contribution is -2.48. The summed E-state index contributed by atoms with van der Waals surface area (Å²) in [7, 11) is 2.96. The summed E-state index contributed by atoms with van der Waals surface area (Å²) in [5.74, 6) is -3.55. The molecule has 1 unspecified atom stereocenters. The maximum absolute atomic E-state index is 14.4. The van der Waals surface area contributed by atoms with Crippen molar-refractivity contribution in [2.45, 2.75) is 38.7 Å². The maximum atomic E-state index is 14.4. The minimum absolute atomic E-state index is 0.0570. The molecule has 3 heterocycles. The Bertz CT molecular complexity index is 887. The van der Waals surface area contributed by atoms with Crippen LogP contribution in [0.3, 0.4) is 0 Å². The van der Waals surface area contributed by atoms with Gasteiger partial charge in [-0.2, -0.15) is 5.10 Å². The van der Waals surface area contributed by atoms with Crippen LogP contribution in [-0.2, 0) is 29.6 Å². The molecule has 2 aromatic heterocycles. The second-order valence-corrected chi connectivity index (χ2v) is 7.25. The van der Waals surface area contributed by atoms with Gasteiger partial charge in [0.2, 0.25) is 0 Å². The van der Waals surface area contributed by atoms with Crippen LogP contribution in [0.2, 0.25) is 0 Å². The van der Waals surface area contributed by atoms with Crippen LogP contribution in [0.4, 0.5) is 14.5 Å². The number of halogens is 2. The first-order chi connectivity index (χ1) is 13.8. The predicted molar refractivity (Wildman–Crippen MR) is 101 cm³/mol. The standard InChI is InChI=1S/C19H25F2N5O3/c1-4-14-15(8-22-18(24-14)13-7-23-25(2)16(13)10-27)26-9-12(5-17(28)29-3)6-19(20,21)11-26/h7-8,12,27H,4-6,9-11H2,1-3H3. The molecule has 1 fully saturated rings. The fourth-order valence-electron chi connectivity index (χ4n) is 3.75. The van der Waals surface area contributed by atoms with Gasteiger partial charge in [0.1, 0.15) is 0 Å². The number of nitrogens with zero attached hydrogens (tertiary/aromatic N) is 5. The number of aryl methyl sites for hydroxylation is 2. The molecule has 1 atom stereocenters. The Balaban J connectivity index is 1.92. The van der Waals surface area contributed by atoms with Crippen LogP contribution in [0.25, 0.3) is 11.4 Å². The van der Waals surface area contributed by atoms with Gasteiger partial charge < -0.3 is 14.7 Å². The Labute approximate surface area is 167 Å². The Morgan fingerprint density at radius 2 is 2.17 bits per heavy atom. The van der Waals surface area contributed by atoms with Crippen LogP contribution in [0.1, 0.15) is 31.2 Å². The fraction of sp³-hybridized carbons (Fsp3) is 0.579. The molecule has 158 valence electrons. The summed E-state index contributed by atoms with van der Waals surface area (Å²) in [6, 6.07) is 0. The van der Waals surface area contributed by atoms with Crippen molar-refractivity contribution in [2.24, 2.45) is 13.0 Å². The smallest absolute Gasteiger partial charge is 0.305 e. The Hall–Kier alpha value is -2.62. The van der Waals surface area contributed by atoms with E-state index in [4.69, 9.17) is 0 Å². The average molecular weight is 409 g/mol. The molecule has 1 saturated heterocycles. The molecule has 0 aromatic carbocycles. The monoisotopic (exact) mass is 409 g/mol. The molecule has 1 aliphatic rings. The number of methoxy groups -OCH3 is 1. The summed E-state index contributed by atoms with van der Waals surface area (Å²) in [5, 5.41) is 13.7. The Kier molecular flexibility index (Phi) is 6.11. The quantitative estimate of drug-likeness (QED) is 0.729. The van der Waals surface area contributed by atoms with Gasteiger partial charge in [0.25, 0.3) is 5.92 Å². The topological polar surface area (TPSA) is 93.4 Å². The number of hydrogen-bond acceptors (Lipinski definition) is 7. The molecule has 8 nitrogen and oxygen atoms in total. The number of piperidine rings is 1. The van der Waals surface area contributed by atoms with Crippen LogP contribution >= 0.6 is 0 Å². The highest BCUT2D eigenvalue weighted by molar-refractivity contribution is 5.69. The first-order valence-corrected chi connectivity index (χ1v) is 9.45. The predicted octanol–water partition coefficient (Wildman–Crippen LogP) is 1.96. The minimum Gasteiger partial charge on any atom is -0.469 e. The number of carbonyl (C=O) groups is 1. The highest BCUT2D eigenvalue weighted by Gasteiger charge is 2.41. The average Bonchev–Trinajstić information content (AvgIpc) is 3.06. The molecule has 0 bridgehead atoms. The second kappa shape index (κ2) is 8.40. The number of aliphatic hydroxyl groups is 1. The number of aliphatic hydroxyl groups excluding tert-OH is 1. The molecule has 0 radical (unpaired) electrons. The van der Waals surface area contributed by atoms with Gasteiger partial charge in [-0.15, -0.1) is 0 Å². The van der Waals surface area contributed by atoms with Gasteiger partial charge in [0, 0.05) is 20.0 Å². The summed E-state index contributed by atoms with van der Waals surface area (Å²) in [4.78, 5) is 22.0. The zero-order valence-electron chi connectivity index (χ0n) is 16.7. The third kappa shape index (κ3) is 4.52. The molecule has 0 aliphatic carbocycles. The highest BCUT2D eigenvalue weighted by Crippen LogP contribution is 2.36. The SMILES string of the molecule is CCc1nc(-c2cnn(C)c2CO)ncc1N1CC(CC(=O)OC)CC(F)(F)C1. The van der Waals surface area contributed by atoms with E-state index in [1.54, 1.807) is 22.8 Å². The third-order valence-corrected chi connectivity index (χ3v) is 5.14. The van der Waals surface area contributed by atoms with Gasteiger partial charge >= 0.3 is 5.97 Å². The molecular formula is C19H25F2N5O3. The number of alkyl halides is 2. The summed E-state index contributed by atoms with van der Waals surface area (Å²) in [5.41, 5.74) is 2.32. The van der Waals surface area contributed by atoms with Crippen molar-refractivity contribution in [2.75, 3.05) is 25.1 Å². The van der Waals surface area contributed by atoms with Crippen molar-refractivity contribution in [1.82, 2.24) is 19.7 Å². The summed E-state index contributed by atoms with van der Waals surface area (Å²) < 4.78 is 34.9. The van der Waals surface area contributed by atoms with Crippen molar-refractivity contribution < 1.29 is 23.4 Å². The van der Waals surface area contributed by atoms with E-state index < -0.39 is 24.4 Å². The fourth-order valence-corrected chi connectivity index (χ4v) is 3.75. The second-order valence-electron chi connectivity index (χ2n) is 7.25. The third-order valence-electron chi connectivity index (χ3n) is 5.14. The molecule has 0 amide bonds. The zero-order valence-corrected chi connectivity index (χ0v) is 16.7. The Morgan fingerprint density at radius 1 is 1.41 bits per heavy atom. The normalized spacial score (nSPS) is 18.7. The highest BCUT2D eigenvalue weighted by atomic mass is 19.3. The molecule has 0 saturated carbocycles. The van der Waals surface area contributed by atoms with Gasteiger partial charge in [0.05, 0.1) is 61.7 Å². The summed E-state index contributed by atoms with van der Waals surface area (Å²) in [6.07, 6.45) is 3.21. The largest absolute Gasteiger partial charge is 0.469 e. The summed E-state index contributed by atoms with van der Waals surface area (Å²) >= 11 is 0. The van der Waals surface area contributed by atoms with E-state index in [2.05, 4.69) is 19.8 Å². The lowest BCUT2D eigenvalue weighted by atomic mass is 9.92. The van der Waals surface area contributed by atoms with E-state index in [1.807, 2.05) is 6.92 Å². The molecule has 1 aliphatic heterocycles. The number of hydrogen-bond donors (Lipinski definition) is 1. The van der Waals surface area contributed by atoms with Crippen molar-refractivity contribution in [3.8, 4) is 11.4 Å². The number of carbonyl (C=O) groups excluding carboxylic acids is 1. The lowest BCUT2D eigenvalue weighted by molar-refractivity contribution is -0.142. The summed E-state index contributed by atoms with van der Waals surface area (Å²) in [6.45, 7) is 1.52. The van der Waals surface area contributed by atoms with Crippen LogP contribution in [-0.4, -0.2) is 56.9 Å². The van der Waals surface area contributed by atoms with Crippen molar-refractivity contribution in [1.29, 1.82) is 0 Å². The number of esters is 1. The minimum atomic E-state index is -2.92. The van der Waals surface area contributed by atoms with Crippen LogP contribution in [0, 0.1) is 5.92 Å². The molecule has 2 aromatic rings. The zero-order chi connectivity index (χ0) is 21.2. The van der Waals surface area contributed by atoms with E-state index in [1.165, 1.54) is 13.3 Å². The van der Waals surface area contributed by atoms with E-state index in [0.29, 0.717) is 41.4 Å². The van der Waals surface area contributed by atoms with Crippen molar-refractivity contribution in [3.63, 3.8) is 0 Å². The van der Waals surface area contributed by atoms with Gasteiger partial charge in [0.15, 0.2) is 5.82 Å². The lowest BCUT2D eigenvalue weighted by Gasteiger charge is -2.39. The van der Waals surface area contributed by atoms with E-state index in [0.717, 1.165) is 0 Å². The van der Waals surface area contributed by atoms with Crippen LogP contribution in [0.15, 0.2) is 12.4 Å².